The molecule has 0 saturated heterocycles. The number of thiazole rings is 1. The topological polar surface area (TPSA) is 33.2 Å². The van der Waals surface area contributed by atoms with E-state index in [1.165, 1.54) is 16.9 Å². The van der Waals surface area contributed by atoms with Crippen molar-refractivity contribution >= 4 is 17.1 Å². The van der Waals surface area contributed by atoms with Crippen molar-refractivity contribution in [2.24, 2.45) is 0 Å². The predicted molar refractivity (Wildman–Crippen MR) is 78.5 cm³/mol. The molecule has 0 aliphatic carbocycles. The Labute approximate surface area is 117 Å². The van der Waals surface area contributed by atoms with E-state index < -0.39 is 0 Å². The van der Waals surface area contributed by atoms with Crippen LogP contribution in [0, 0.1) is 0 Å². The van der Waals surface area contributed by atoms with Gasteiger partial charge in [-0.05, 0) is 12.1 Å². The van der Waals surface area contributed by atoms with Gasteiger partial charge in [0.15, 0.2) is 10.8 Å². The fourth-order valence-electron chi connectivity index (χ4n) is 1.92. The Morgan fingerprint density at radius 3 is 2.74 bits per heavy atom. The smallest absolute Gasteiger partial charge is 0.192 e. The summed E-state index contributed by atoms with van der Waals surface area (Å²) in [5.41, 5.74) is 1.28. The highest BCUT2D eigenvalue weighted by Crippen LogP contribution is 2.09. The molecule has 1 aromatic carbocycles. The number of aromatic nitrogens is 1. The van der Waals surface area contributed by atoms with Crippen LogP contribution in [0.1, 0.15) is 28.7 Å². The van der Waals surface area contributed by atoms with Crippen LogP contribution < -0.4 is 0 Å². The molecule has 19 heavy (non-hydrogen) atoms. The molecule has 100 valence electrons. The number of hydrogen-bond donors (Lipinski definition) is 0. The number of hydrogen-bond acceptors (Lipinski definition) is 4. The van der Waals surface area contributed by atoms with Crippen LogP contribution in [0.2, 0.25) is 0 Å². The van der Waals surface area contributed by atoms with Gasteiger partial charge >= 0.3 is 0 Å². The fraction of sp³-hybridized carbons (Fsp3) is 0.333. The summed E-state index contributed by atoms with van der Waals surface area (Å²) in [7, 11) is 0. The van der Waals surface area contributed by atoms with E-state index in [-0.39, 0.29) is 5.78 Å². The van der Waals surface area contributed by atoms with Crippen LogP contribution >= 0.6 is 11.3 Å². The van der Waals surface area contributed by atoms with Crippen LogP contribution in [0.25, 0.3) is 0 Å². The second kappa shape index (κ2) is 7.16. The lowest BCUT2D eigenvalue weighted by Crippen LogP contribution is -2.25. The third-order valence-electron chi connectivity index (χ3n) is 3.02. The number of benzene rings is 1. The van der Waals surface area contributed by atoms with E-state index >= 15 is 0 Å². The van der Waals surface area contributed by atoms with Crippen LogP contribution in [0.15, 0.2) is 41.9 Å². The molecule has 0 radical (unpaired) electrons. The molecule has 2 aromatic rings. The van der Waals surface area contributed by atoms with Crippen molar-refractivity contribution in [3.8, 4) is 0 Å². The van der Waals surface area contributed by atoms with Crippen LogP contribution in [-0.2, 0) is 6.54 Å². The molecule has 0 aliphatic rings. The molecule has 0 fully saturated rings. The predicted octanol–water partition coefficient (Wildman–Crippen LogP) is 3.24. The lowest BCUT2D eigenvalue weighted by molar-refractivity contribution is 0.0963. The first kappa shape index (κ1) is 13.9. The summed E-state index contributed by atoms with van der Waals surface area (Å²) in [6.07, 6.45) is 2.22. The molecule has 0 bridgehead atoms. The van der Waals surface area contributed by atoms with E-state index in [0.29, 0.717) is 11.4 Å². The molecule has 0 aliphatic heterocycles. The van der Waals surface area contributed by atoms with Gasteiger partial charge in [-0.1, -0.05) is 37.3 Å². The second-order valence-corrected chi connectivity index (χ2v) is 5.26. The average Bonchev–Trinajstić information content (AvgIpc) is 2.98. The van der Waals surface area contributed by atoms with E-state index in [1.54, 1.807) is 6.20 Å². The standard InChI is InChI=1S/C15H18N2OS/c1-2-17(12-13-6-4-3-5-7-13)10-8-14(18)15-16-9-11-19-15/h3-7,9,11H,2,8,10,12H2,1H3. The minimum absolute atomic E-state index is 0.140. The first-order chi connectivity index (χ1) is 9.29. The lowest BCUT2D eigenvalue weighted by Gasteiger charge is -2.19. The maximum absolute atomic E-state index is 11.9. The molecule has 0 unspecified atom stereocenters. The summed E-state index contributed by atoms with van der Waals surface area (Å²) in [6, 6.07) is 10.3. The summed E-state index contributed by atoms with van der Waals surface area (Å²) in [5.74, 6) is 0.140. The van der Waals surface area contributed by atoms with Gasteiger partial charge in [0.25, 0.3) is 0 Å². The highest BCUT2D eigenvalue weighted by molar-refractivity contribution is 7.11. The Balaban J connectivity index is 1.84. The van der Waals surface area contributed by atoms with Gasteiger partial charge in [0.2, 0.25) is 0 Å². The van der Waals surface area contributed by atoms with Crippen LogP contribution in [0.5, 0.6) is 0 Å². The van der Waals surface area contributed by atoms with E-state index in [4.69, 9.17) is 0 Å². The monoisotopic (exact) mass is 274 g/mol. The minimum atomic E-state index is 0.140. The number of carbonyl (C=O) groups excluding carboxylic acids is 1. The average molecular weight is 274 g/mol. The van der Waals surface area contributed by atoms with Crippen molar-refractivity contribution in [2.45, 2.75) is 19.9 Å². The number of nitrogens with zero attached hydrogens (tertiary/aromatic N) is 2. The Morgan fingerprint density at radius 2 is 2.11 bits per heavy atom. The number of Topliss-reactive ketones (excluding diaryl/α,β-unsaturated/α-hetero) is 1. The third kappa shape index (κ3) is 4.26. The van der Waals surface area contributed by atoms with Crippen molar-refractivity contribution < 1.29 is 4.79 Å². The molecule has 1 aromatic heterocycles. The molecule has 0 saturated carbocycles. The van der Waals surface area contributed by atoms with E-state index in [9.17, 15) is 4.79 Å². The van der Waals surface area contributed by atoms with Gasteiger partial charge in [0, 0.05) is 31.1 Å². The van der Waals surface area contributed by atoms with Gasteiger partial charge in [-0.25, -0.2) is 4.98 Å². The molecule has 2 rings (SSSR count). The minimum Gasteiger partial charge on any atom is -0.299 e. The first-order valence-corrected chi connectivity index (χ1v) is 7.36. The number of carbonyl (C=O) groups is 1. The van der Waals surface area contributed by atoms with Crippen molar-refractivity contribution in [3.05, 3.63) is 52.5 Å². The Hall–Kier alpha value is -1.52. The maximum Gasteiger partial charge on any atom is 0.192 e. The molecular formula is C15H18N2OS. The first-order valence-electron chi connectivity index (χ1n) is 6.48. The summed E-state index contributed by atoms with van der Waals surface area (Å²) < 4.78 is 0. The molecule has 0 spiro atoms. The zero-order chi connectivity index (χ0) is 13.5. The number of ketones is 1. The second-order valence-electron chi connectivity index (χ2n) is 4.36. The Morgan fingerprint density at radius 1 is 1.32 bits per heavy atom. The largest absolute Gasteiger partial charge is 0.299 e. The van der Waals surface area contributed by atoms with Crippen molar-refractivity contribution in [1.82, 2.24) is 9.88 Å². The van der Waals surface area contributed by atoms with Crippen LogP contribution in [0.3, 0.4) is 0 Å². The maximum atomic E-state index is 11.9. The van der Waals surface area contributed by atoms with Gasteiger partial charge < -0.3 is 0 Å². The molecule has 0 atom stereocenters. The lowest BCUT2D eigenvalue weighted by atomic mass is 10.2. The summed E-state index contributed by atoms with van der Waals surface area (Å²) >= 11 is 1.42. The normalized spacial score (nSPS) is 10.8. The molecular weight excluding hydrogens is 256 g/mol. The summed E-state index contributed by atoms with van der Waals surface area (Å²) in [5, 5.41) is 2.46. The molecule has 0 amide bonds. The van der Waals surface area contributed by atoms with E-state index in [1.807, 2.05) is 23.6 Å². The third-order valence-corrected chi connectivity index (χ3v) is 3.84. The van der Waals surface area contributed by atoms with Gasteiger partial charge in [-0.2, -0.15) is 0 Å². The van der Waals surface area contributed by atoms with Crippen molar-refractivity contribution in [2.75, 3.05) is 13.1 Å². The molecule has 0 N–H and O–H groups in total. The Bertz CT molecular complexity index is 496. The highest BCUT2D eigenvalue weighted by atomic mass is 32.1. The van der Waals surface area contributed by atoms with Crippen LogP contribution in [-0.4, -0.2) is 28.8 Å². The summed E-state index contributed by atoms with van der Waals surface area (Å²) in [6.45, 7) is 4.74. The van der Waals surface area contributed by atoms with Crippen LogP contribution in [0.4, 0.5) is 0 Å². The van der Waals surface area contributed by atoms with Crippen molar-refractivity contribution in [1.29, 1.82) is 0 Å². The summed E-state index contributed by atoms with van der Waals surface area (Å²) in [4.78, 5) is 18.2. The van der Waals surface area contributed by atoms with Gasteiger partial charge in [0.05, 0.1) is 0 Å². The van der Waals surface area contributed by atoms with E-state index in [2.05, 4.69) is 28.9 Å². The molecule has 3 nitrogen and oxygen atoms in total. The number of rotatable bonds is 7. The van der Waals surface area contributed by atoms with Gasteiger partial charge in [-0.15, -0.1) is 11.3 Å². The molecule has 4 heteroatoms. The zero-order valence-corrected chi connectivity index (χ0v) is 11.9. The quantitative estimate of drug-likeness (QED) is 0.727. The molecule has 1 heterocycles. The van der Waals surface area contributed by atoms with Gasteiger partial charge in [-0.3, -0.25) is 9.69 Å². The zero-order valence-electron chi connectivity index (χ0n) is 11.1. The van der Waals surface area contributed by atoms with Gasteiger partial charge in [0.1, 0.15) is 0 Å². The highest BCUT2D eigenvalue weighted by Gasteiger charge is 2.11. The SMILES string of the molecule is CCN(CCC(=O)c1nccs1)Cc1ccccc1. The Kier molecular flexibility index (Phi) is 5.24. The van der Waals surface area contributed by atoms with Crippen molar-refractivity contribution in [3.63, 3.8) is 0 Å². The fourth-order valence-corrected chi connectivity index (χ4v) is 2.52. The van der Waals surface area contributed by atoms with E-state index in [0.717, 1.165) is 19.6 Å².